The van der Waals surface area contributed by atoms with Crippen LogP contribution < -0.4 is 20.1 Å². The predicted octanol–water partition coefficient (Wildman–Crippen LogP) is 4.25. The fourth-order valence-corrected chi connectivity index (χ4v) is 4.61. The Kier molecular flexibility index (Phi) is 6.53. The van der Waals surface area contributed by atoms with Gasteiger partial charge >= 0.3 is 10.1 Å². The molecule has 1 aliphatic carbocycles. The van der Waals surface area contributed by atoms with Crippen LogP contribution in [0.25, 0.3) is 11.0 Å². The molecule has 4 N–H and O–H groups in total. The average Bonchev–Trinajstić information content (AvgIpc) is 3.64. The van der Waals surface area contributed by atoms with Crippen molar-refractivity contribution in [3.8, 4) is 5.75 Å². The third kappa shape index (κ3) is 6.07. The molecule has 1 heterocycles. The molecular formula is C26H25N5O5S. The molecule has 1 fully saturated rings. The van der Waals surface area contributed by atoms with Gasteiger partial charge < -0.3 is 19.8 Å². The summed E-state index contributed by atoms with van der Waals surface area (Å²) in [6.07, 6.45) is 1.77. The fraction of sp³-hybridized carbons (Fsp3) is 0.192. The molecule has 1 aromatic heterocycles. The standard InChI is InChI=1S/C26H25N5O5S/c1-16(32)28-20-6-2-17(3-7-20)15-27-19-8-11-22(12-9-19)37(34,35)36-21-10-13-23-24(14-21)30-26(29-23)31-25(33)18-4-5-18/h2-3,6-14,18,27H,4-5,15H2,1H3,(H,28,32)(H2,29,30,31,33). The topological polar surface area (TPSA) is 142 Å². The summed E-state index contributed by atoms with van der Waals surface area (Å²) in [7, 11) is -4.07. The van der Waals surface area contributed by atoms with Gasteiger partial charge in [0.1, 0.15) is 10.6 Å². The normalized spacial score (nSPS) is 13.2. The number of benzene rings is 3. The van der Waals surface area contributed by atoms with E-state index in [1.807, 2.05) is 24.3 Å². The lowest BCUT2D eigenvalue weighted by atomic mass is 10.2. The van der Waals surface area contributed by atoms with Gasteiger partial charge in [-0.1, -0.05) is 12.1 Å². The lowest BCUT2D eigenvalue weighted by molar-refractivity contribution is -0.117. The number of H-pyrrole nitrogens is 1. The highest BCUT2D eigenvalue weighted by Gasteiger charge is 2.30. The number of hydrogen-bond acceptors (Lipinski definition) is 7. The summed E-state index contributed by atoms with van der Waals surface area (Å²) in [5.41, 5.74) is 3.58. The number of anilines is 3. The van der Waals surface area contributed by atoms with Gasteiger partial charge in [0.2, 0.25) is 17.8 Å². The number of nitrogens with one attached hydrogen (secondary N) is 4. The third-order valence-electron chi connectivity index (χ3n) is 5.76. The van der Waals surface area contributed by atoms with Gasteiger partial charge in [0, 0.05) is 36.8 Å². The summed E-state index contributed by atoms with van der Waals surface area (Å²) in [5.74, 6) is 0.273. The Morgan fingerprint density at radius 1 is 0.973 bits per heavy atom. The number of carbonyl (C=O) groups is 2. The molecule has 0 saturated heterocycles. The SMILES string of the molecule is CC(=O)Nc1ccc(CNc2ccc(S(=O)(=O)Oc3ccc4[nH]c(NC(=O)C5CC5)nc4c3)cc2)cc1. The van der Waals surface area contributed by atoms with Gasteiger partial charge in [0.25, 0.3) is 0 Å². The summed E-state index contributed by atoms with van der Waals surface area (Å²) in [6.45, 7) is 1.98. The first-order chi connectivity index (χ1) is 17.7. The highest BCUT2D eigenvalue weighted by Crippen LogP contribution is 2.30. The Morgan fingerprint density at radius 3 is 2.35 bits per heavy atom. The largest absolute Gasteiger partial charge is 0.381 e. The Morgan fingerprint density at radius 2 is 1.68 bits per heavy atom. The molecule has 5 rings (SSSR count). The minimum Gasteiger partial charge on any atom is -0.381 e. The van der Waals surface area contributed by atoms with Crippen LogP contribution in [0, 0.1) is 5.92 Å². The Labute approximate surface area is 213 Å². The van der Waals surface area contributed by atoms with Crippen LogP contribution in [0.15, 0.2) is 71.6 Å². The van der Waals surface area contributed by atoms with Crippen molar-refractivity contribution >= 4 is 50.3 Å². The zero-order chi connectivity index (χ0) is 26.0. The zero-order valence-electron chi connectivity index (χ0n) is 19.9. The van der Waals surface area contributed by atoms with E-state index in [1.165, 1.54) is 31.2 Å². The van der Waals surface area contributed by atoms with Crippen LogP contribution >= 0.6 is 0 Å². The number of aromatic nitrogens is 2. The summed E-state index contributed by atoms with van der Waals surface area (Å²) in [6, 6.07) is 18.4. The van der Waals surface area contributed by atoms with E-state index in [0.29, 0.717) is 23.5 Å². The van der Waals surface area contributed by atoms with Crippen LogP contribution in [0.5, 0.6) is 5.75 Å². The maximum Gasteiger partial charge on any atom is 0.339 e. The van der Waals surface area contributed by atoms with E-state index in [1.54, 1.807) is 18.2 Å². The van der Waals surface area contributed by atoms with Crippen LogP contribution in [0.2, 0.25) is 0 Å². The van der Waals surface area contributed by atoms with E-state index >= 15 is 0 Å². The summed E-state index contributed by atoms with van der Waals surface area (Å²) in [4.78, 5) is 30.4. The van der Waals surface area contributed by atoms with Gasteiger partial charge in [-0.25, -0.2) is 4.98 Å². The second kappa shape index (κ2) is 9.94. The van der Waals surface area contributed by atoms with E-state index < -0.39 is 10.1 Å². The lowest BCUT2D eigenvalue weighted by Crippen LogP contribution is -2.14. The van der Waals surface area contributed by atoms with E-state index in [4.69, 9.17) is 4.18 Å². The maximum atomic E-state index is 12.8. The van der Waals surface area contributed by atoms with Crippen molar-refractivity contribution in [2.75, 3.05) is 16.0 Å². The van der Waals surface area contributed by atoms with Crippen LogP contribution in [0.1, 0.15) is 25.3 Å². The van der Waals surface area contributed by atoms with Crippen molar-refractivity contribution in [1.29, 1.82) is 0 Å². The molecule has 0 unspecified atom stereocenters. The van der Waals surface area contributed by atoms with Gasteiger partial charge in [-0.3, -0.25) is 14.9 Å². The van der Waals surface area contributed by atoms with Gasteiger partial charge in [-0.15, -0.1) is 0 Å². The first kappa shape index (κ1) is 24.3. The first-order valence-corrected chi connectivity index (χ1v) is 13.1. The molecule has 0 bridgehead atoms. The molecule has 0 atom stereocenters. The van der Waals surface area contributed by atoms with Crippen LogP contribution in [0.3, 0.4) is 0 Å². The first-order valence-electron chi connectivity index (χ1n) is 11.7. The Balaban J connectivity index is 1.20. The number of nitrogens with zero attached hydrogens (tertiary/aromatic N) is 1. The highest BCUT2D eigenvalue weighted by molar-refractivity contribution is 7.87. The monoisotopic (exact) mass is 519 g/mol. The van der Waals surface area contributed by atoms with Crippen molar-refractivity contribution in [3.05, 3.63) is 72.3 Å². The molecule has 0 aliphatic heterocycles. The fourth-order valence-electron chi connectivity index (χ4n) is 3.69. The molecule has 3 aromatic carbocycles. The summed E-state index contributed by atoms with van der Waals surface area (Å²) < 4.78 is 30.9. The van der Waals surface area contributed by atoms with Crippen molar-refractivity contribution in [2.45, 2.75) is 31.2 Å². The second-order valence-corrected chi connectivity index (χ2v) is 10.4. The quantitative estimate of drug-likeness (QED) is 0.242. The minimum absolute atomic E-state index is 0.0113. The molecule has 4 aromatic rings. The van der Waals surface area contributed by atoms with Crippen molar-refractivity contribution in [3.63, 3.8) is 0 Å². The molecule has 1 aliphatic rings. The van der Waals surface area contributed by atoms with E-state index in [2.05, 4.69) is 25.9 Å². The van der Waals surface area contributed by atoms with E-state index in [9.17, 15) is 18.0 Å². The molecule has 190 valence electrons. The summed E-state index contributed by atoms with van der Waals surface area (Å²) >= 11 is 0. The number of amides is 2. The van der Waals surface area contributed by atoms with Gasteiger partial charge in [0.15, 0.2) is 0 Å². The minimum atomic E-state index is -4.07. The Hall–Kier alpha value is -4.38. The summed E-state index contributed by atoms with van der Waals surface area (Å²) in [5, 5.41) is 8.69. The van der Waals surface area contributed by atoms with Crippen LogP contribution in [0.4, 0.5) is 17.3 Å². The number of imidazole rings is 1. The predicted molar refractivity (Wildman–Crippen MR) is 140 cm³/mol. The van der Waals surface area contributed by atoms with Crippen molar-refractivity contribution in [1.82, 2.24) is 9.97 Å². The number of rotatable bonds is 9. The van der Waals surface area contributed by atoms with Gasteiger partial charge in [0.05, 0.1) is 11.0 Å². The van der Waals surface area contributed by atoms with Gasteiger partial charge in [-0.2, -0.15) is 8.42 Å². The van der Waals surface area contributed by atoms with Crippen molar-refractivity contribution < 1.29 is 22.2 Å². The molecule has 0 spiro atoms. The number of hydrogen-bond donors (Lipinski definition) is 4. The average molecular weight is 520 g/mol. The number of aromatic amines is 1. The van der Waals surface area contributed by atoms with E-state index in [-0.39, 0.29) is 28.4 Å². The Bertz CT molecular complexity index is 1560. The molecule has 2 amide bonds. The molecule has 37 heavy (non-hydrogen) atoms. The van der Waals surface area contributed by atoms with Crippen LogP contribution in [-0.2, 0) is 26.3 Å². The second-order valence-electron chi connectivity index (χ2n) is 8.82. The molecule has 11 heteroatoms. The molecule has 0 radical (unpaired) electrons. The zero-order valence-corrected chi connectivity index (χ0v) is 20.8. The van der Waals surface area contributed by atoms with Gasteiger partial charge in [-0.05, 0) is 66.9 Å². The number of carbonyl (C=O) groups excluding carboxylic acids is 2. The highest BCUT2D eigenvalue weighted by atomic mass is 32.2. The smallest absolute Gasteiger partial charge is 0.339 e. The molecule has 10 nitrogen and oxygen atoms in total. The van der Waals surface area contributed by atoms with Crippen molar-refractivity contribution in [2.24, 2.45) is 5.92 Å². The number of fused-ring (bicyclic) bond motifs is 1. The van der Waals surface area contributed by atoms with Crippen LogP contribution in [-0.4, -0.2) is 30.2 Å². The molecular weight excluding hydrogens is 494 g/mol. The van der Waals surface area contributed by atoms with E-state index in [0.717, 1.165) is 29.8 Å². The lowest BCUT2D eigenvalue weighted by Gasteiger charge is -2.10. The molecule has 1 saturated carbocycles. The maximum absolute atomic E-state index is 12.8. The third-order valence-corrected chi connectivity index (χ3v) is 7.03.